The number of rotatable bonds is 4. The van der Waals surface area contributed by atoms with Crippen LogP contribution in [0.1, 0.15) is 47.2 Å². The van der Waals surface area contributed by atoms with E-state index in [0.717, 1.165) is 24.0 Å². The molecule has 0 radical (unpaired) electrons. The van der Waals surface area contributed by atoms with Crippen LogP contribution in [-0.4, -0.2) is 53.0 Å². The van der Waals surface area contributed by atoms with Gasteiger partial charge in [-0.05, 0) is 36.5 Å². The maximum absolute atomic E-state index is 12.8. The summed E-state index contributed by atoms with van der Waals surface area (Å²) in [5.41, 5.74) is 8.72. The average Bonchev–Trinajstić information content (AvgIpc) is 3.32. The lowest BCUT2D eigenvalue weighted by molar-refractivity contribution is -0.136. The maximum Gasteiger partial charge on any atom is 0.255 e. The Bertz CT molecular complexity index is 868. The number of benzene rings is 1. The van der Waals surface area contributed by atoms with Gasteiger partial charge in [-0.2, -0.15) is 0 Å². The van der Waals surface area contributed by atoms with Gasteiger partial charge >= 0.3 is 0 Å². The van der Waals surface area contributed by atoms with E-state index < -0.39 is 6.04 Å². The fourth-order valence-electron chi connectivity index (χ4n) is 4.99. The van der Waals surface area contributed by atoms with Crippen molar-refractivity contribution in [1.82, 2.24) is 15.5 Å². The first kappa shape index (κ1) is 17.8. The van der Waals surface area contributed by atoms with Crippen molar-refractivity contribution in [3.8, 4) is 0 Å². The first-order valence-electron chi connectivity index (χ1n) is 9.83. The highest BCUT2D eigenvalue weighted by atomic mass is 16.5. The minimum Gasteiger partial charge on any atom is -0.375 e. The Labute approximate surface area is 162 Å². The molecule has 1 unspecified atom stereocenters. The summed E-state index contributed by atoms with van der Waals surface area (Å²) in [4.78, 5) is 37.9. The molecule has 3 amide bonds. The molecule has 0 aromatic heterocycles. The number of imide groups is 1. The van der Waals surface area contributed by atoms with Crippen LogP contribution in [0.3, 0.4) is 0 Å². The maximum atomic E-state index is 12.8. The summed E-state index contributed by atoms with van der Waals surface area (Å²) < 4.78 is 5.74. The van der Waals surface area contributed by atoms with Gasteiger partial charge in [0.05, 0.1) is 12.7 Å². The first-order chi connectivity index (χ1) is 13.4. The highest BCUT2D eigenvalue weighted by Gasteiger charge is 2.50. The lowest BCUT2D eigenvalue weighted by Crippen LogP contribution is -2.52. The van der Waals surface area contributed by atoms with Crippen LogP contribution >= 0.6 is 0 Å². The molecule has 3 heterocycles. The minimum atomic E-state index is -0.578. The molecule has 1 aromatic carbocycles. The van der Waals surface area contributed by atoms with Crippen molar-refractivity contribution in [2.75, 3.05) is 6.61 Å². The summed E-state index contributed by atoms with van der Waals surface area (Å²) >= 11 is 0. The second kappa shape index (κ2) is 6.37. The Hall–Kier alpha value is -2.29. The third kappa shape index (κ3) is 2.83. The van der Waals surface area contributed by atoms with E-state index in [-0.39, 0.29) is 41.8 Å². The lowest BCUT2D eigenvalue weighted by atomic mass is 9.98. The van der Waals surface area contributed by atoms with Crippen LogP contribution in [0.2, 0.25) is 0 Å². The molecule has 1 aliphatic carbocycles. The third-order valence-electron chi connectivity index (χ3n) is 6.53. The Kier molecular flexibility index (Phi) is 4.04. The Morgan fingerprint density at radius 3 is 2.86 bits per heavy atom. The molecule has 4 aliphatic rings. The standard InChI is InChI=1S/C20H24N4O4/c21-14-6-20(7-16(14)28-10-20)22-8-11-1-2-13-12(5-11)9-24(19(13)27)15-3-4-17(25)23-18(15)26/h1-2,5,14-16,22H,3-4,6-10,21H2,(H,23,25,26)/t14-,15?,16-,20+/m1/s1. The highest BCUT2D eigenvalue weighted by molar-refractivity contribution is 6.05. The second-order valence-electron chi connectivity index (χ2n) is 8.45. The predicted molar refractivity (Wildman–Crippen MR) is 99.0 cm³/mol. The molecule has 2 saturated heterocycles. The van der Waals surface area contributed by atoms with E-state index in [2.05, 4.69) is 10.6 Å². The zero-order valence-electron chi connectivity index (χ0n) is 15.6. The zero-order valence-corrected chi connectivity index (χ0v) is 15.6. The number of nitrogens with two attached hydrogens (primary N) is 1. The quantitative estimate of drug-likeness (QED) is 0.620. The Morgan fingerprint density at radius 1 is 1.29 bits per heavy atom. The van der Waals surface area contributed by atoms with Crippen molar-refractivity contribution in [3.05, 3.63) is 34.9 Å². The molecule has 28 heavy (non-hydrogen) atoms. The van der Waals surface area contributed by atoms with Gasteiger partial charge in [0.1, 0.15) is 6.04 Å². The molecule has 2 bridgehead atoms. The molecule has 4 N–H and O–H groups in total. The number of nitrogens with zero attached hydrogens (tertiary/aromatic N) is 1. The fourth-order valence-corrected chi connectivity index (χ4v) is 4.99. The van der Waals surface area contributed by atoms with Gasteiger partial charge in [-0.15, -0.1) is 0 Å². The Balaban J connectivity index is 1.28. The van der Waals surface area contributed by atoms with Crippen LogP contribution in [-0.2, 0) is 27.4 Å². The van der Waals surface area contributed by atoms with Crippen molar-refractivity contribution >= 4 is 17.7 Å². The molecule has 148 valence electrons. The first-order valence-corrected chi connectivity index (χ1v) is 9.83. The number of hydrogen-bond donors (Lipinski definition) is 3. The number of carbonyl (C=O) groups excluding carboxylic acids is 3. The number of amides is 3. The van der Waals surface area contributed by atoms with E-state index in [9.17, 15) is 14.4 Å². The van der Waals surface area contributed by atoms with Crippen LogP contribution < -0.4 is 16.4 Å². The number of ether oxygens (including phenoxy) is 1. The minimum absolute atomic E-state index is 0.0440. The van der Waals surface area contributed by atoms with Crippen LogP contribution in [0.15, 0.2) is 18.2 Å². The van der Waals surface area contributed by atoms with E-state index in [1.807, 2.05) is 18.2 Å². The summed E-state index contributed by atoms with van der Waals surface area (Å²) in [6.45, 7) is 1.77. The normalized spacial score (nSPS) is 34.1. The van der Waals surface area contributed by atoms with E-state index in [1.165, 1.54) is 0 Å². The average molecular weight is 384 g/mol. The number of carbonyl (C=O) groups is 3. The SMILES string of the molecule is N[C@@H]1C[C@@]2(NCc3ccc4c(c3)CN(C3CCC(=O)NC3=O)C4=O)CO[C@@H]1C2. The van der Waals surface area contributed by atoms with Gasteiger partial charge in [0, 0.05) is 36.7 Å². The van der Waals surface area contributed by atoms with Gasteiger partial charge in [-0.1, -0.05) is 12.1 Å². The van der Waals surface area contributed by atoms with E-state index >= 15 is 0 Å². The predicted octanol–water partition coefficient (Wildman–Crippen LogP) is -0.204. The molecule has 8 nitrogen and oxygen atoms in total. The number of fused-ring (bicyclic) bond motifs is 3. The molecule has 3 aliphatic heterocycles. The molecular formula is C20H24N4O4. The second-order valence-corrected chi connectivity index (χ2v) is 8.45. The molecule has 1 aromatic rings. The van der Waals surface area contributed by atoms with Crippen molar-refractivity contribution in [2.45, 2.75) is 62.5 Å². The third-order valence-corrected chi connectivity index (χ3v) is 6.53. The molecule has 0 spiro atoms. The van der Waals surface area contributed by atoms with Gasteiger partial charge in [0.15, 0.2) is 0 Å². The van der Waals surface area contributed by atoms with Crippen molar-refractivity contribution in [2.24, 2.45) is 5.73 Å². The zero-order chi connectivity index (χ0) is 19.5. The number of hydrogen-bond acceptors (Lipinski definition) is 6. The van der Waals surface area contributed by atoms with Crippen molar-refractivity contribution in [1.29, 1.82) is 0 Å². The lowest BCUT2D eigenvalue weighted by Gasteiger charge is -2.29. The van der Waals surface area contributed by atoms with Gasteiger partial charge in [0.2, 0.25) is 11.8 Å². The van der Waals surface area contributed by atoms with Crippen molar-refractivity contribution < 1.29 is 19.1 Å². The van der Waals surface area contributed by atoms with Crippen LogP contribution in [0.25, 0.3) is 0 Å². The molecule has 5 rings (SSSR count). The number of piperidine rings is 1. The fraction of sp³-hybridized carbons (Fsp3) is 0.550. The van der Waals surface area contributed by atoms with Gasteiger partial charge in [-0.25, -0.2) is 0 Å². The van der Waals surface area contributed by atoms with Crippen LogP contribution in [0, 0.1) is 0 Å². The van der Waals surface area contributed by atoms with Crippen LogP contribution in [0.4, 0.5) is 0 Å². The summed E-state index contributed by atoms with van der Waals surface area (Å²) in [6.07, 6.45) is 2.67. The summed E-state index contributed by atoms with van der Waals surface area (Å²) in [5.74, 6) is -0.800. The Morgan fingerprint density at radius 2 is 2.14 bits per heavy atom. The molecule has 8 heteroatoms. The largest absolute Gasteiger partial charge is 0.375 e. The number of nitrogens with one attached hydrogen (secondary N) is 2. The van der Waals surface area contributed by atoms with Gasteiger partial charge in [0.25, 0.3) is 5.91 Å². The summed E-state index contributed by atoms with van der Waals surface area (Å²) in [7, 11) is 0. The van der Waals surface area contributed by atoms with E-state index in [4.69, 9.17) is 10.5 Å². The smallest absolute Gasteiger partial charge is 0.255 e. The summed E-state index contributed by atoms with van der Waals surface area (Å²) in [6, 6.07) is 5.35. The monoisotopic (exact) mass is 384 g/mol. The van der Waals surface area contributed by atoms with Crippen LogP contribution in [0.5, 0.6) is 0 Å². The van der Waals surface area contributed by atoms with Gasteiger partial charge < -0.3 is 20.7 Å². The topological polar surface area (TPSA) is 114 Å². The highest BCUT2D eigenvalue weighted by Crippen LogP contribution is 2.38. The molecule has 3 fully saturated rings. The summed E-state index contributed by atoms with van der Waals surface area (Å²) in [5, 5.41) is 5.95. The molecule has 4 atom stereocenters. The van der Waals surface area contributed by atoms with E-state index in [1.54, 1.807) is 4.90 Å². The van der Waals surface area contributed by atoms with E-state index in [0.29, 0.717) is 31.7 Å². The molecular weight excluding hydrogens is 360 g/mol. The van der Waals surface area contributed by atoms with Crippen molar-refractivity contribution in [3.63, 3.8) is 0 Å². The van der Waals surface area contributed by atoms with Gasteiger partial charge in [-0.3, -0.25) is 19.7 Å². The molecule has 1 saturated carbocycles.